The van der Waals surface area contributed by atoms with Crippen LogP contribution in [0.15, 0.2) is 24.3 Å². The molecule has 0 aliphatic carbocycles. The van der Waals surface area contributed by atoms with Crippen molar-refractivity contribution in [2.75, 3.05) is 13.2 Å². The van der Waals surface area contributed by atoms with E-state index in [1.165, 1.54) is 0 Å². The quantitative estimate of drug-likeness (QED) is 0.823. The number of hydrogen-bond donors (Lipinski definition) is 0. The lowest BCUT2D eigenvalue weighted by Crippen LogP contribution is -2.47. The first-order valence-electron chi connectivity index (χ1n) is 6.73. The molecule has 3 nitrogen and oxygen atoms in total. The minimum atomic E-state index is -0.399. The van der Waals surface area contributed by atoms with Gasteiger partial charge in [-0.1, -0.05) is 43.1 Å². The van der Waals surface area contributed by atoms with Gasteiger partial charge in [0.2, 0.25) is 0 Å². The van der Waals surface area contributed by atoms with E-state index in [0.717, 1.165) is 23.4 Å². The van der Waals surface area contributed by atoms with Crippen LogP contribution in [-0.2, 0) is 20.8 Å². The number of hydrogen-bond acceptors (Lipinski definition) is 3. The molecule has 4 heteroatoms. The van der Waals surface area contributed by atoms with Crippen LogP contribution in [0.1, 0.15) is 32.3 Å². The zero-order valence-corrected chi connectivity index (χ0v) is 12.3. The molecule has 1 aromatic carbocycles. The molecule has 0 saturated carbocycles. The number of benzene rings is 1. The maximum absolute atomic E-state index is 6.11. The zero-order chi connectivity index (χ0) is 13.7. The predicted molar refractivity (Wildman–Crippen MR) is 75.2 cm³/mol. The van der Waals surface area contributed by atoms with Gasteiger partial charge in [-0.05, 0) is 25.0 Å². The summed E-state index contributed by atoms with van der Waals surface area (Å²) in [7, 11) is 0. The van der Waals surface area contributed by atoms with Crippen LogP contribution < -0.4 is 0 Å². The van der Waals surface area contributed by atoms with Crippen LogP contribution in [0, 0.1) is 0 Å². The van der Waals surface area contributed by atoms with Gasteiger partial charge in [-0.25, -0.2) is 0 Å². The Kier molecular flexibility index (Phi) is 5.22. The normalized spacial score (nSPS) is 27.4. The lowest BCUT2D eigenvalue weighted by atomic mass is 10.1. The summed E-state index contributed by atoms with van der Waals surface area (Å²) in [5.41, 5.74) is 0.588. The third kappa shape index (κ3) is 4.18. The second-order valence-corrected chi connectivity index (χ2v) is 5.58. The molecule has 0 bridgehead atoms. The second kappa shape index (κ2) is 6.71. The summed E-state index contributed by atoms with van der Waals surface area (Å²) in [6.45, 7) is 5.71. The van der Waals surface area contributed by atoms with Gasteiger partial charge in [0, 0.05) is 5.02 Å². The minimum absolute atomic E-state index is 0.0815. The van der Waals surface area contributed by atoms with E-state index in [1.54, 1.807) is 0 Å². The average Bonchev–Trinajstić information content (AvgIpc) is 2.41. The van der Waals surface area contributed by atoms with Crippen molar-refractivity contribution in [3.8, 4) is 0 Å². The van der Waals surface area contributed by atoms with Gasteiger partial charge in [0.1, 0.15) is 5.60 Å². The molecule has 0 radical (unpaired) electrons. The lowest BCUT2D eigenvalue weighted by molar-refractivity contribution is -0.264. The highest BCUT2D eigenvalue weighted by Gasteiger charge is 2.33. The van der Waals surface area contributed by atoms with Gasteiger partial charge >= 0.3 is 0 Å². The summed E-state index contributed by atoms with van der Waals surface area (Å²) in [6, 6.07) is 7.71. The predicted octanol–water partition coefficient (Wildman–Crippen LogP) is 3.79. The highest BCUT2D eigenvalue weighted by atomic mass is 35.5. The van der Waals surface area contributed by atoms with E-state index in [-0.39, 0.29) is 6.29 Å². The van der Waals surface area contributed by atoms with Crippen molar-refractivity contribution in [2.45, 2.75) is 45.2 Å². The molecule has 1 saturated heterocycles. The van der Waals surface area contributed by atoms with E-state index >= 15 is 0 Å². The number of rotatable bonds is 5. The van der Waals surface area contributed by atoms with Crippen LogP contribution in [0.25, 0.3) is 0 Å². The minimum Gasteiger partial charge on any atom is -0.366 e. The molecule has 19 heavy (non-hydrogen) atoms. The summed E-state index contributed by atoms with van der Waals surface area (Å²) in [4.78, 5) is 0. The van der Waals surface area contributed by atoms with Crippen LogP contribution in [0.5, 0.6) is 0 Å². The van der Waals surface area contributed by atoms with Crippen LogP contribution >= 0.6 is 11.6 Å². The van der Waals surface area contributed by atoms with Gasteiger partial charge in [0.05, 0.1) is 19.8 Å². The third-order valence-electron chi connectivity index (χ3n) is 3.21. The summed E-state index contributed by atoms with van der Waals surface area (Å²) < 4.78 is 17.3. The van der Waals surface area contributed by atoms with Crippen molar-refractivity contribution < 1.29 is 14.2 Å². The number of ether oxygens (including phenoxy) is 3. The SMILES string of the molecule is CCC[C@H]1OC[C@@](C)(OCc2ccccc2Cl)CO1. The van der Waals surface area contributed by atoms with E-state index < -0.39 is 5.60 Å². The van der Waals surface area contributed by atoms with Crippen molar-refractivity contribution in [3.05, 3.63) is 34.9 Å². The van der Waals surface area contributed by atoms with Crippen LogP contribution in [-0.4, -0.2) is 25.1 Å². The molecule has 1 fully saturated rings. The zero-order valence-electron chi connectivity index (χ0n) is 11.5. The average molecular weight is 285 g/mol. The van der Waals surface area contributed by atoms with Crippen molar-refractivity contribution in [1.82, 2.24) is 0 Å². The van der Waals surface area contributed by atoms with E-state index in [2.05, 4.69) is 6.92 Å². The second-order valence-electron chi connectivity index (χ2n) is 5.17. The van der Waals surface area contributed by atoms with Crippen LogP contribution in [0.4, 0.5) is 0 Å². The molecular weight excluding hydrogens is 264 g/mol. The van der Waals surface area contributed by atoms with E-state index in [0.29, 0.717) is 19.8 Å². The molecule has 0 amide bonds. The Morgan fingerprint density at radius 3 is 2.63 bits per heavy atom. The molecule has 2 rings (SSSR count). The van der Waals surface area contributed by atoms with Crippen LogP contribution in [0.2, 0.25) is 5.02 Å². The highest BCUT2D eigenvalue weighted by molar-refractivity contribution is 6.31. The monoisotopic (exact) mass is 284 g/mol. The van der Waals surface area contributed by atoms with Gasteiger partial charge in [0.15, 0.2) is 6.29 Å². The molecule has 0 aromatic heterocycles. The molecule has 106 valence electrons. The summed E-state index contributed by atoms with van der Waals surface area (Å²) in [5.74, 6) is 0. The van der Waals surface area contributed by atoms with Crippen molar-refractivity contribution in [3.63, 3.8) is 0 Å². The summed E-state index contributed by atoms with van der Waals surface area (Å²) in [5, 5.41) is 0.729. The standard InChI is InChI=1S/C15H21ClO3/c1-3-6-14-17-10-15(2,11-18-14)19-9-12-7-4-5-8-13(12)16/h4-5,7-8,14H,3,6,9-11H2,1-2H3/t14-,15+. The molecule has 0 N–H and O–H groups in total. The first kappa shape index (κ1) is 14.8. The Bertz CT molecular complexity index is 400. The first-order chi connectivity index (χ1) is 9.13. The molecule has 0 atom stereocenters. The molecule has 1 aliphatic rings. The molecule has 1 aromatic rings. The smallest absolute Gasteiger partial charge is 0.157 e. The van der Waals surface area contributed by atoms with E-state index in [4.69, 9.17) is 25.8 Å². The van der Waals surface area contributed by atoms with Gasteiger partial charge < -0.3 is 14.2 Å². The van der Waals surface area contributed by atoms with Crippen molar-refractivity contribution in [1.29, 1.82) is 0 Å². The Morgan fingerprint density at radius 1 is 1.32 bits per heavy atom. The fourth-order valence-electron chi connectivity index (χ4n) is 1.98. The van der Waals surface area contributed by atoms with Gasteiger partial charge in [-0.2, -0.15) is 0 Å². The Hall–Kier alpha value is -0.610. The lowest BCUT2D eigenvalue weighted by Gasteiger charge is -2.37. The Morgan fingerprint density at radius 2 is 2.00 bits per heavy atom. The molecule has 0 unspecified atom stereocenters. The van der Waals surface area contributed by atoms with Gasteiger partial charge in [-0.15, -0.1) is 0 Å². The number of halogens is 1. The van der Waals surface area contributed by atoms with Crippen molar-refractivity contribution >= 4 is 11.6 Å². The fraction of sp³-hybridized carbons (Fsp3) is 0.600. The van der Waals surface area contributed by atoms with Gasteiger partial charge in [-0.3, -0.25) is 0 Å². The Balaban J connectivity index is 1.84. The first-order valence-corrected chi connectivity index (χ1v) is 7.11. The summed E-state index contributed by atoms with van der Waals surface area (Å²) in [6.07, 6.45) is 1.91. The molecular formula is C15H21ClO3. The van der Waals surface area contributed by atoms with Gasteiger partial charge in [0.25, 0.3) is 0 Å². The Labute approximate surface area is 119 Å². The summed E-state index contributed by atoms with van der Waals surface area (Å²) >= 11 is 6.11. The molecule has 0 spiro atoms. The highest BCUT2D eigenvalue weighted by Crippen LogP contribution is 2.24. The topological polar surface area (TPSA) is 27.7 Å². The third-order valence-corrected chi connectivity index (χ3v) is 3.58. The molecule has 1 aliphatic heterocycles. The maximum Gasteiger partial charge on any atom is 0.157 e. The largest absolute Gasteiger partial charge is 0.366 e. The molecule has 1 heterocycles. The van der Waals surface area contributed by atoms with Crippen LogP contribution in [0.3, 0.4) is 0 Å². The van der Waals surface area contributed by atoms with E-state index in [1.807, 2.05) is 31.2 Å². The van der Waals surface area contributed by atoms with Crippen molar-refractivity contribution in [2.24, 2.45) is 0 Å². The maximum atomic E-state index is 6.11. The van der Waals surface area contributed by atoms with E-state index in [9.17, 15) is 0 Å². The fourth-order valence-corrected chi connectivity index (χ4v) is 2.17.